The Morgan fingerprint density at radius 1 is 1.23 bits per heavy atom. The second-order valence-electron chi connectivity index (χ2n) is 6.70. The number of carbonyl (C=O) groups excluding carboxylic acids is 2. The van der Waals surface area contributed by atoms with Gasteiger partial charge in [0, 0.05) is 31.6 Å². The second kappa shape index (κ2) is 9.07. The Labute approximate surface area is 153 Å². The van der Waals surface area contributed by atoms with Crippen molar-refractivity contribution in [3.8, 4) is 5.75 Å². The molecule has 0 saturated heterocycles. The molecule has 1 aromatic carbocycles. The molecule has 8 heteroatoms. The molecule has 3 N–H and O–H groups in total. The van der Waals surface area contributed by atoms with Crippen LogP contribution < -0.4 is 15.4 Å². The molecule has 8 nitrogen and oxygen atoms in total. The second-order valence-corrected chi connectivity index (χ2v) is 6.70. The molecule has 0 bridgehead atoms. The van der Waals surface area contributed by atoms with Gasteiger partial charge in [-0.05, 0) is 45.4 Å². The molecule has 0 aliphatic heterocycles. The number of urea groups is 1. The van der Waals surface area contributed by atoms with Gasteiger partial charge in [-0.3, -0.25) is 9.59 Å². The summed E-state index contributed by atoms with van der Waals surface area (Å²) < 4.78 is 5.53. The first-order valence-corrected chi connectivity index (χ1v) is 8.35. The predicted molar refractivity (Wildman–Crippen MR) is 98.7 cm³/mol. The van der Waals surface area contributed by atoms with E-state index < -0.39 is 17.5 Å². The van der Waals surface area contributed by atoms with Crippen LogP contribution in [0.5, 0.6) is 5.75 Å². The molecule has 0 spiro atoms. The van der Waals surface area contributed by atoms with E-state index in [1.165, 1.54) is 4.90 Å². The zero-order valence-corrected chi connectivity index (χ0v) is 15.9. The van der Waals surface area contributed by atoms with Crippen LogP contribution in [0.4, 0.5) is 10.5 Å². The van der Waals surface area contributed by atoms with Crippen LogP contribution in [0.1, 0.15) is 44.0 Å². The zero-order chi connectivity index (χ0) is 19.9. The maximum absolute atomic E-state index is 12.3. The highest BCUT2D eigenvalue weighted by Gasteiger charge is 2.22. The van der Waals surface area contributed by atoms with E-state index in [1.54, 1.807) is 53.1 Å². The number of hydrogen-bond acceptors (Lipinski definition) is 4. The van der Waals surface area contributed by atoms with E-state index in [4.69, 9.17) is 9.84 Å². The van der Waals surface area contributed by atoms with Crippen LogP contribution in [0, 0.1) is 0 Å². The van der Waals surface area contributed by atoms with E-state index in [0.717, 1.165) is 0 Å². The quantitative estimate of drug-likeness (QED) is 0.656. The third kappa shape index (κ3) is 6.62. The summed E-state index contributed by atoms with van der Waals surface area (Å²) in [5, 5.41) is 14.2. The van der Waals surface area contributed by atoms with Crippen LogP contribution in [0.3, 0.4) is 0 Å². The maximum atomic E-state index is 12.3. The normalized spacial score (nSPS) is 10.8. The van der Waals surface area contributed by atoms with Crippen molar-refractivity contribution in [2.75, 3.05) is 26.0 Å². The average Bonchev–Trinajstić information content (AvgIpc) is 2.53. The molecule has 0 aliphatic carbocycles. The monoisotopic (exact) mass is 365 g/mol. The van der Waals surface area contributed by atoms with Crippen molar-refractivity contribution in [3.63, 3.8) is 0 Å². The molecule has 0 radical (unpaired) electrons. The lowest BCUT2D eigenvalue weighted by Crippen LogP contribution is -2.45. The number of benzene rings is 1. The van der Waals surface area contributed by atoms with Crippen LogP contribution in [0.25, 0.3) is 0 Å². The molecule has 3 amide bonds. The minimum absolute atomic E-state index is 0.0428. The Morgan fingerprint density at radius 3 is 2.42 bits per heavy atom. The van der Waals surface area contributed by atoms with Crippen molar-refractivity contribution in [3.05, 3.63) is 23.8 Å². The number of hydrogen-bond donors (Lipinski definition) is 3. The summed E-state index contributed by atoms with van der Waals surface area (Å²) in [6, 6.07) is 4.31. The highest BCUT2D eigenvalue weighted by Crippen LogP contribution is 2.27. The van der Waals surface area contributed by atoms with Gasteiger partial charge in [-0.25, -0.2) is 4.79 Å². The zero-order valence-electron chi connectivity index (χ0n) is 15.9. The van der Waals surface area contributed by atoms with Gasteiger partial charge in [0.05, 0.1) is 12.3 Å². The fraction of sp³-hybridized carbons (Fsp3) is 0.500. The van der Waals surface area contributed by atoms with E-state index in [9.17, 15) is 14.4 Å². The molecule has 0 saturated carbocycles. The number of carboxylic acids is 1. The van der Waals surface area contributed by atoms with E-state index in [1.807, 2.05) is 0 Å². The molecule has 1 aromatic rings. The van der Waals surface area contributed by atoms with Gasteiger partial charge in [-0.1, -0.05) is 0 Å². The first-order chi connectivity index (χ1) is 12.1. The fourth-order valence-corrected chi connectivity index (χ4v) is 2.23. The van der Waals surface area contributed by atoms with Gasteiger partial charge in [0.2, 0.25) is 0 Å². The van der Waals surface area contributed by atoms with E-state index in [0.29, 0.717) is 30.0 Å². The van der Waals surface area contributed by atoms with Crippen LogP contribution in [-0.4, -0.2) is 54.2 Å². The fourth-order valence-electron chi connectivity index (χ4n) is 2.23. The van der Waals surface area contributed by atoms with Gasteiger partial charge in [0.15, 0.2) is 0 Å². The van der Waals surface area contributed by atoms with Gasteiger partial charge in [-0.15, -0.1) is 0 Å². The Hall–Kier alpha value is -2.77. The van der Waals surface area contributed by atoms with Crippen LogP contribution in [0.2, 0.25) is 0 Å². The minimum Gasteiger partial charge on any atom is -0.492 e. The molecular formula is C18H27N3O5. The number of aliphatic carboxylic acids is 1. The molecule has 1 rings (SSSR count). The topological polar surface area (TPSA) is 108 Å². The Kier molecular flexibility index (Phi) is 7.42. The van der Waals surface area contributed by atoms with Crippen molar-refractivity contribution in [2.24, 2.45) is 0 Å². The van der Waals surface area contributed by atoms with E-state index in [2.05, 4.69) is 10.6 Å². The Bertz CT molecular complexity index is 671. The third-order valence-electron chi connectivity index (χ3n) is 3.60. The summed E-state index contributed by atoms with van der Waals surface area (Å²) in [7, 11) is 3.31. The van der Waals surface area contributed by atoms with E-state index >= 15 is 0 Å². The number of rotatable bonds is 8. The summed E-state index contributed by atoms with van der Waals surface area (Å²) >= 11 is 0. The van der Waals surface area contributed by atoms with Gasteiger partial charge >= 0.3 is 12.0 Å². The lowest BCUT2D eigenvalue weighted by molar-refractivity contribution is -0.137. The number of nitrogens with zero attached hydrogens (tertiary/aromatic N) is 1. The smallest absolute Gasteiger partial charge is 0.319 e. The standard InChI is InChI=1S/C18H27N3O5/c1-6-26-14-11-12(16(24)21(4)5)7-8-13(14)19-17(25)20-18(2,3)10-9-15(22)23/h7-8,11H,6,9-10H2,1-5H3,(H,22,23)(H2,19,20,25). The van der Waals surface area contributed by atoms with Crippen LogP contribution >= 0.6 is 0 Å². The lowest BCUT2D eigenvalue weighted by atomic mass is 9.99. The summed E-state index contributed by atoms with van der Waals surface area (Å²) in [4.78, 5) is 36.5. The Morgan fingerprint density at radius 2 is 1.88 bits per heavy atom. The molecule has 0 fully saturated rings. The summed E-state index contributed by atoms with van der Waals surface area (Å²) in [5.74, 6) is -0.699. The Balaban J connectivity index is 2.89. The molecule has 0 unspecified atom stereocenters. The van der Waals surface area contributed by atoms with Crippen molar-refractivity contribution in [2.45, 2.75) is 39.2 Å². The van der Waals surface area contributed by atoms with Gasteiger partial charge < -0.3 is 25.4 Å². The molecule has 26 heavy (non-hydrogen) atoms. The molecule has 0 aliphatic rings. The van der Waals surface area contributed by atoms with E-state index in [-0.39, 0.29) is 12.3 Å². The average molecular weight is 365 g/mol. The maximum Gasteiger partial charge on any atom is 0.319 e. The van der Waals surface area contributed by atoms with Crippen molar-refractivity contribution in [1.29, 1.82) is 0 Å². The SMILES string of the molecule is CCOc1cc(C(=O)N(C)C)ccc1NC(=O)NC(C)(C)CCC(=O)O. The first kappa shape index (κ1) is 21.3. The first-order valence-electron chi connectivity index (χ1n) is 8.35. The molecule has 0 heterocycles. The number of carboxylic acid groups (broad SMARTS) is 1. The minimum atomic E-state index is -0.917. The molecule has 0 atom stereocenters. The number of ether oxygens (including phenoxy) is 1. The van der Waals surface area contributed by atoms with Gasteiger partial charge in [0.1, 0.15) is 5.75 Å². The van der Waals surface area contributed by atoms with Gasteiger partial charge in [0.25, 0.3) is 5.91 Å². The number of carbonyl (C=O) groups is 3. The van der Waals surface area contributed by atoms with Crippen LogP contribution in [0.15, 0.2) is 18.2 Å². The summed E-state index contributed by atoms with van der Waals surface area (Å²) in [6.45, 7) is 5.68. The van der Waals surface area contributed by atoms with Crippen LogP contribution in [-0.2, 0) is 4.79 Å². The van der Waals surface area contributed by atoms with Crippen molar-refractivity contribution >= 4 is 23.6 Å². The number of anilines is 1. The predicted octanol–water partition coefficient (Wildman–Crippen LogP) is 2.55. The number of nitrogens with one attached hydrogen (secondary N) is 2. The largest absolute Gasteiger partial charge is 0.492 e. The van der Waals surface area contributed by atoms with Crippen molar-refractivity contribution in [1.82, 2.24) is 10.2 Å². The molecule has 144 valence electrons. The third-order valence-corrected chi connectivity index (χ3v) is 3.60. The lowest BCUT2D eigenvalue weighted by Gasteiger charge is -2.26. The highest BCUT2D eigenvalue weighted by atomic mass is 16.5. The highest BCUT2D eigenvalue weighted by molar-refractivity contribution is 5.97. The van der Waals surface area contributed by atoms with Crippen molar-refractivity contribution < 1.29 is 24.2 Å². The summed E-state index contributed by atoms with van der Waals surface area (Å²) in [6.07, 6.45) is 0.253. The summed E-state index contributed by atoms with van der Waals surface area (Å²) in [5.41, 5.74) is 0.189. The number of amides is 3. The molecular weight excluding hydrogens is 338 g/mol. The van der Waals surface area contributed by atoms with Gasteiger partial charge in [-0.2, -0.15) is 0 Å². The molecule has 0 aromatic heterocycles.